The van der Waals surface area contributed by atoms with Gasteiger partial charge in [0.1, 0.15) is 0 Å². The molecular weight excluding hydrogens is 86.1 g/mol. The first kappa shape index (κ1) is 6.41. The van der Waals surface area contributed by atoms with E-state index in [1.165, 1.54) is 5.57 Å². The molecule has 0 aromatic heterocycles. The molecule has 0 rings (SSSR count). The van der Waals surface area contributed by atoms with Crippen LogP contribution in [0.5, 0.6) is 0 Å². The summed E-state index contributed by atoms with van der Waals surface area (Å²) in [5.41, 5.74) is 1.28. The third-order valence-corrected chi connectivity index (χ3v) is 0.557. The summed E-state index contributed by atoms with van der Waals surface area (Å²) in [6.45, 7) is 4.09. The first-order chi connectivity index (χ1) is 3.27. The number of rotatable bonds is 1. The average molecular weight is 97.2 g/mol. The fourth-order valence-corrected chi connectivity index (χ4v) is 0.224. The second kappa shape index (κ2) is 3.59. The van der Waals surface area contributed by atoms with Crippen LogP contribution in [0.1, 0.15) is 13.8 Å². The van der Waals surface area contributed by atoms with Crippen molar-refractivity contribution in [3.63, 3.8) is 0 Å². The van der Waals surface area contributed by atoms with Gasteiger partial charge >= 0.3 is 0 Å². The van der Waals surface area contributed by atoms with Crippen molar-refractivity contribution < 1.29 is 0 Å². The Hall–Kier alpha value is -0.590. The lowest BCUT2D eigenvalue weighted by Crippen LogP contribution is -1.65. The zero-order valence-electron chi connectivity index (χ0n) is 5.10. The van der Waals surface area contributed by atoms with Gasteiger partial charge in [-0.1, -0.05) is 5.57 Å². The molecule has 0 aromatic carbocycles. The Morgan fingerprint density at radius 2 is 2.00 bits per heavy atom. The zero-order valence-corrected chi connectivity index (χ0v) is 5.10. The third kappa shape index (κ3) is 5.41. The van der Waals surface area contributed by atoms with E-state index in [1.807, 2.05) is 19.9 Å². The zero-order chi connectivity index (χ0) is 5.70. The Morgan fingerprint density at radius 1 is 1.43 bits per heavy atom. The molecule has 0 aliphatic heterocycles. The molecule has 0 aromatic rings. The van der Waals surface area contributed by atoms with Gasteiger partial charge in [-0.3, -0.25) is 4.99 Å². The van der Waals surface area contributed by atoms with Crippen LogP contribution < -0.4 is 0 Å². The first-order valence-corrected chi connectivity index (χ1v) is 2.33. The number of nitrogens with zero attached hydrogens (tertiary/aromatic N) is 1. The lowest BCUT2D eigenvalue weighted by Gasteiger charge is -1.77. The van der Waals surface area contributed by atoms with Gasteiger partial charge in [0.05, 0.1) is 0 Å². The minimum absolute atomic E-state index is 1.28. The van der Waals surface area contributed by atoms with E-state index in [2.05, 4.69) is 4.99 Å². The second-order valence-corrected chi connectivity index (χ2v) is 1.65. The van der Waals surface area contributed by atoms with Crippen LogP contribution in [-0.2, 0) is 0 Å². The van der Waals surface area contributed by atoms with Gasteiger partial charge in [-0.05, 0) is 19.9 Å². The molecule has 0 aliphatic rings. The molecule has 0 saturated heterocycles. The lowest BCUT2D eigenvalue weighted by molar-refractivity contribution is 1.40. The van der Waals surface area contributed by atoms with Crippen LogP contribution in [0.2, 0.25) is 0 Å². The Labute approximate surface area is 44.8 Å². The van der Waals surface area contributed by atoms with Gasteiger partial charge in [0.15, 0.2) is 0 Å². The first-order valence-electron chi connectivity index (χ1n) is 2.33. The van der Waals surface area contributed by atoms with Gasteiger partial charge in [-0.2, -0.15) is 0 Å². The summed E-state index contributed by atoms with van der Waals surface area (Å²) < 4.78 is 0. The highest BCUT2D eigenvalue weighted by molar-refractivity contribution is 5.71. The smallest absolute Gasteiger partial charge is 0.0277 e. The van der Waals surface area contributed by atoms with Crippen molar-refractivity contribution in [3.8, 4) is 0 Å². The van der Waals surface area contributed by atoms with Gasteiger partial charge in [0.25, 0.3) is 0 Å². The SMILES string of the molecule is CN=CC=C(C)C. The van der Waals surface area contributed by atoms with Crippen molar-refractivity contribution in [2.75, 3.05) is 7.05 Å². The summed E-state index contributed by atoms with van der Waals surface area (Å²) >= 11 is 0. The molecule has 7 heavy (non-hydrogen) atoms. The maximum Gasteiger partial charge on any atom is 0.0277 e. The highest BCUT2D eigenvalue weighted by atomic mass is 14.6. The monoisotopic (exact) mass is 97.1 g/mol. The van der Waals surface area contributed by atoms with E-state index in [1.54, 1.807) is 13.3 Å². The maximum absolute atomic E-state index is 3.77. The normalized spacial score (nSPS) is 9.57. The molecule has 0 spiro atoms. The minimum Gasteiger partial charge on any atom is -0.297 e. The number of allylic oxidation sites excluding steroid dienone is 2. The lowest BCUT2D eigenvalue weighted by atomic mass is 10.3. The molecule has 1 heteroatoms. The Morgan fingerprint density at radius 3 is 2.14 bits per heavy atom. The molecule has 0 N–H and O–H groups in total. The second-order valence-electron chi connectivity index (χ2n) is 1.65. The summed E-state index contributed by atoms with van der Waals surface area (Å²) in [4.78, 5) is 3.77. The number of aliphatic imine (C=N–C) groups is 1. The van der Waals surface area contributed by atoms with E-state index in [4.69, 9.17) is 0 Å². The molecule has 0 saturated carbocycles. The Balaban J connectivity index is 3.46. The van der Waals surface area contributed by atoms with Gasteiger partial charge in [-0.25, -0.2) is 0 Å². The average Bonchev–Trinajstić information content (AvgIpc) is 1.61. The van der Waals surface area contributed by atoms with Gasteiger partial charge in [0, 0.05) is 13.3 Å². The van der Waals surface area contributed by atoms with Gasteiger partial charge in [-0.15, -0.1) is 0 Å². The van der Waals surface area contributed by atoms with E-state index in [0.717, 1.165) is 0 Å². The van der Waals surface area contributed by atoms with E-state index in [0.29, 0.717) is 0 Å². The third-order valence-electron chi connectivity index (χ3n) is 0.557. The van der Waals surface area contributed by atoms with Crippen molar-refractivity contribution in [3.05, 3.63) is 11.6 Å². The molecule has 40 valence electrons. The highest BCUT2D eigenvalue weighted by Gasteiger charge is 1.66. The summed E-state index contributed by atoms with van der Waals surface area (Å²) in [6, 6.07) is 0. The van der Waals surface area contributed by atoms with Crippen molar-refractivity contribution in [2.24, 2.45) is 4.99 Å². The quantitative estimate of drug-likeness (QED) is 0.441. The molecule has 0 atom stereocenters. The summed E-state index contributed by atoms with van der Waals surface area (Å²) in [6.07, 6.45) is 3.76. The molecule has 0 unspecified atom stereocenters. The predicted octanol–water partition coefficient (Wildman–Crippen LogP) is 1.65. The van der Waals surface area contributed by atoms with E-state index < -0.39 is 0 Å². The van der Waals surface area contributed by atoms with Gasteiger partial charge < -0.3 is 0 Å². The van der Waals surface area contributed by atoms with E-state index in [-0.39, 0.29) is 0 Å². The van der Waals surface area contributed by atoms with E-state index >= 15 is 0 Å². The number of hydrogen-bond donors (Lipinski definition) is 0. The predicted molar refractivity (Wildman–Crippen MR) is 33.8 cm³/mol. The maximum atomic E-state index is 3.77. The molecule has 1 nitrogen and oxygen atoms in total. The molecule has 0 radical (unpaired) electrons. The van der Waals surface area contributed by atoms with Crippen LogP contribution in [0.15, 0.2) is 16.6 Å². The minimum atomic E-state index is 1.28. The molecule has 0 fully saturated rings. The van der Waals surface area contributed by atoms with E-state index in [9.17, 15) is 0 Å². The molecule has 0 aliphatic carbocycles. The summed E-state index contributed by atoms with van der Waals surface area (Å²) in [5.74, 6) is 0. The standard InChI is InChI=1S/C6H11N/c1-6(2)4-5-7-3/h4-5H,1-3H3. The van der Waals surface area contributed by atoms with Crippen LogP contribution in [0.3, 0.4) is 0 Å². The van der Waals surface area contributed by atoms with Crippen LogP contribution in [0.25, 0.3) is 0 Å². The molecule has 0 bridgehead atoms. The Kier molecular flexibility index (Phi) is 3.29. The van der Waals surface area contributed by atoms with Crippen LogP contribution >= 0.6 is 0 Å². The fraction of sp³-hybridized carbons (Fsp3) is 0.500. The van der Waals surface area contributed by atoms with Crippen LogP contribution in [-0.4, -0.2) is 13.3 Å². The fourth-order valence-electron chi connectivity index (χ4n) is 0.224. The molecular formula is C6H11N. The highest BCUT2D eigenvalue weighted by Crippen LogP contribution is 1.82. The molecule has 0 heterocycles. The van der Waals surface area contributed by atoms with Crippen molar-refractivity contribution in [2.45, 2.75) is 13.8 Å². The molecule has 0 amide bonds. The topological polar surface area (TPSA) is 12.4 Å². The Bertz CT molecular complexity index is 86.4. The van der Waals surface area contributed by atoms with Crippen molar-refractivity contribution >= 4 is 6.21 Å². The largest absolute Gasteiger partial charge is 0.297 e. The van der Waals surface area contributed by atoms with Crippen LogP contribution in [0.4, 0.5) is 0 Å². The van der Waals surface area contributed by atoms with Crippen LogP contribution in [0, 0.1) is 0 Å². The summed E-state index contributed by atoms with van der Waals surface area (Å²) in [5, 5.41) is 0. The van der Waals surface area contributed by atoms with Crippen molar-refractivity contribution in [1.29, 1.82) is 0 Å². The van der Waals surface area contributed by atoms with Gasteiger partial charge in [0.2, 0.25) is 0 Å². The summed E-state index contributed by atoms with van der Waals surface area (Å²) in [7, 11) is 1.76. The van der Waals surface area contributed by atoms with Crippen molar-refractivity contribution in [1.82, 2.24) is 0 Å². The number of hydrogen-bond acceptors (Lipinski definition) is 1.